The van der Waals surface area contributed by atoms with Crippen molar-refractivity contribution in [1.82, 2.24) is 20.1 Å². The van der Waals surface area contributed by atoms with Crippen LogP contribution in [0.4, 0.5) is 10.7 Å². The lowest BCUT2D eigenvalue weighted by Crippen LogP contribution is -2.50. The van der Waals surface area contributed by atoms with Crippen LogP contribution in [0.15, 0.2) is 0 Å². The van der Waals surface area contributed by atoms with Crippen molar-refractivity contribution < 1.29 is 9.53 Å². The quantitative estimate of drug-likeness (QED) is 0.838. The van der Waals surface area contributed by atoms with Gasteiger partial charge in [0.25, 0.3) is 0 Å². The molecular formula is C14H24N6O2. The second-order valence-corrected chi connectivity index (χ2v) is 7.09. The molecule has 0 spiro atoms. The van der Waals surface area contributed by atoms with Gasteiger partial charge in [0.05, 0.1) is 5.54 Å². The van der Waals surface area contributed by atoms with Crippen molar-refractivity contribution in [2.24, 2.45) is 5.73 Å². The van der Waals surface area contributed by atoms with Gasteiger partial charge in [-0.05, 0) is 33.6 Å². The van der Waals surface area contributed by atoms with E-state index in [0.29, 0.717) is 32.1 Å². The Bertz CT molecular complexity index is 552. The van der Waals surface area contributed by atoms with Crippen molar-refractivity contribution in [1.29, 1.82) is 0 Å². The van der Waals surface area contributed by atoms with Crippen LogP contribution in [0.5, 0.6) is 0 Å². The number of rotatable bonds is 2. The number of piperazine rings is 1. The maximum absolute atomic E-state index is 12.0. The summed E-state index contributed by atoms with van der Waals surface area (Å²) in [6.07, 6.45) is 1.64. The second-order valence-electron chi connectivity index (χ2n) is 7.09. The highest BCUT2D eigenvalue weighted by molar-refractivity contribution is 5.68. The number of amides is 1. The summed E-state index contributed by atoms with van der Waals surface area (Å²) >= 11 is 0. The van der Waals surface area contributed by atoms with Gasteiger partial charge in [-0.3, -0.25) is 5.10 Å². The second kappa shape index (κ2) is 5.12. The zero-order valence-electron chi connectivity index (χ0n) is 13.4. The van der Waals surface area contributed by atoms with Crippen LogP contribution in [0.3, 0.4) is 0 Å². The molecule has 1 aromatic rings. The molecule has 1 aliphatic heterocycles. The molecule has 0 unspecified atom stereocenters. The Hall–Kier alpha value is -1.83. The van der Waals surface area contributed by atoms with Crippen molar-refractivity contribution in [2.75, 3.05) is 31.1 Å². The highest BCUT2D eigenvalue weighted by atomic mass is 16.6. The molecule has 8 nitrogen and oxygen atoms in total. The zero-order valence-corrected chi connectivity index (χ0v) is 13.4. The fraction of sp³-hybridized carbons (Fsp3) is 0.786. The average molecular weight is 308 g/mol. The highest BCUT2D eigenvalue weighted by Gasteiger charge is 2.43. The summed E-state index contributed by atoms with van der Waals surface area (Å²) in [7, 11) is 0. The number of hydrogen-bond acceptors (Lipinski definition) is 6. The minimum atomic E-state index is -0.466. The van der Waals surface area contributed by atoms with E-state index in [0.717, 1.165) is 18.7 Å². The minimum absolute atomic E-state index is 0.262. The Morgan fingerprint density at radius 1 is 1.27 bits per heavy atom. The van der Waals surface area contributed by atoms with Gasteiger partial charge in [0.2, 0.25) is 5.95 Å². The number of carbonyl (C=O) groups is 1. The summed E-state index contributed by atoms with van der Waals surface area (Å²) in [5.74, 6) is 1.42. The summed E-state index contributed by atoms with van der Waals surface area (Å²) in [5.41, 5.74) is 5.34. The van der Waals surface area contributed by atoms with Gasteiger partial charge in [-0.25, -0.2) is 4.79 Å². The third-order valence-electron chi connectivity index (χ3n) is 3.95. The monoisotopic (exact) mass is 308 g/mol. The number of H-pyrrole nitrogens is 1. The fourth-order valence-electron chi connectivity index (χ4n) is 2.40. The number of ether oxygens (including phenoxy) is 1. The van der Waals surface area contributed by atoms with E-state index < -0.39 is 5.60 Å². The molecule has 1 saturated heterocycles. The van der Waals surface area contributed by atoms with Crippen molar-refractivity contribution in [3.8, 4) is 0 Å². The summed E-state index contributed by atoms with van der Waals surface area (Å²) in [4.78, 5) is 20.3. The lowest BCUT2D eigenvalue weighted by Gasteiger charge is -2.35. The molecule has 8 heteroatoms. The molecule has 1 amide bonds. The number of nitrogens with two attached hydrogens (primary N) is 1. The third-order valence-corrected chi connectivity index (χ3v) is 3.95. The van der Waals surface area contributed by atoms with Crippen LogP contribution in [0.25, 0.3) is 0 Å². The van der Waals surface area contributed by atoms with E-state index in [1.807, 2.05) is 20.8 Å². The predicted molar refractivity (Wildman–Crippen MR) is 81.5 cm³/mol. The molecule has 0 radical (unpaired) electrons. The lowest BCUT2D eigenvalue weighted by atomic mass is 10.2. The first-order chi connectivity index (χ1) is 10.3. The highest BCUT2D eigenvalue weighted by Crippen LogP contribution is 2.41. The Morgan fingerprint density at radius 2 is 1.91 bits per heavy atom. The summed E-state index contributed by atoms with van der Waals surface area (Å²) in [6.45, 7) is 8.20. The van der Waals surface area contributed by atoms with Crippen molar-refractivity contribution in [3.05, 3.63) is 5.82 Å². The lowest BCUT2D eigenvalue weighted by molar-refractivity contribution is 0.0240. The number of nitrogens with one attached hydrogen (secondary N) is 1. The SMILES string of the molecule is CC(C)(C)OC(=O)N1CCN(c2n[nH]c(C3(N)CC3)n2)CC1. The predicted octanol–water partition coefficient (Wildman–Crippen LogP) is 0.810. The molecule has 22 heavy (non-hydrogen) atoms. The van der Waals surface area contributed by atoms with Crippen LogP contribution in [-0.2, 0) is 10.3 Å². The molecule has 0 bridgehead atoms. The van der Waals surface area contributed by atoms with Crippen molar-refractivity contribution in [2.45, 2.75) is 44.8 Å². The van der Waals surface area contributed by atoms with Gasteiger partial charge in [-0.15, -0.1) is 5.10 Å². The van der Waals surface area contributed by atoms with Gasteiger partial charge in [-0.1, -0.05) is 0 Å². The van der Waals surface area contributed by atoms with Gasteiger partial charge in [0.1, 0.15) is 11.4 Å². The Balaban J connectivity index is 1.55. The molecule has 122 valence electrons. The van der Waals surface area contributed by atoms with Crippen molar-refractivity contribution >= 4 is 12.0 Å². The van der Waals surface area contributed by atoms with Crippen LogP contribution in [0, 0.1) is 0 Å². The largest absolute Gasteiger partial charge is 0.444 e. The Morgan fingerprint density at radius 3 is 2.45 bits per heavy atom. The molecule has 2 fully saturated rings. The van der Waals surface area contributed by atoms with E-state index in [1.165, 1.54) is 0 Å². The number of aromatic nitrogens is 3. The number of aromatic amines is 1. The molecule has 0 atom stereocenters. The maximum Gasteiger partial charge on any atom is 0.410 e. The van der Waals surface area contributed by atoms with E-state index in [4.69, 9.17) is 10.5 Å². The van der Waals surface area contributed by atoms with Crippen LogP contribution in [0.1, 0.15) is 39.4 Å². The molecule has 1 aliphatic carbocycles. The normalized spacial score (nSPS) is 20.9. The molecule has 1 aromatic heterocycles. The van der Waals surface area contributed by atoms with E-state index in [2.05, 4.69) is 20.1 Å². The molecule has 1 saturated carbocycles. The van der Waals surface area contributed by atoms with E-state index in [1.54, 1.807) is 4.90 Å². The van der Waals surface area contributed by atoms with Crippen LogP contribution >= 0.6 is 0 Å². The molecule has 0 aromatic carbocycles. The molecule has 2 aliphatic rings. The van der Waals surface area contributed by atoms with E-state index >= 15 is 0 Å². The number of carbonyl (C=O) groups excluding carboxylic acids is 1. The Labute approximate surface area is 130 Å². The molecular weight excluding hydrogens is 284 g/mol. The Kier molecular flexibility index (Phi) is 3.51. The molecule has 2 heterocycles. The maximum atomic E-state index is 12.0. The first-order valence-electron chi connectivity index (χ1n) is 7.71. The number of nitrogens with zero attached hydrogens (tertiary/aromatic N) is 4. The average Bonchev–Trinajstić information content (AvgIpc) is 3.01. The van der Waals surface area contributed by atoms with Gasteiger partial charge < -0.3 is 20.3 Å². The van der Waals surface area contributed by atoms with Gasteiger partial charge in [0, 0.05) is 26.2 Å². The minimum Gasteiger partial charge on any atom is -0.444 e. The van der Waals surface area contributed by atoms with Gasteiger partial charge in [0.15, 0.2) is 0 Å². The topological polar surface area (TPSA) is 100 Å². The summed E-state index contributed by atoms with van der Waals surface area (Å²) < 4.78 is 5.39. The van der Waals surface area contributed by atoms with Gasteiger partial charge in [-0.2, -0.15) is 4.98 Å². The third kappa shape index (κ3) is 3.16. The van der Waals surface area contributed by atoms with E-state index in [-0.39, 0.29) is 11.6 Å². The van der Waals surface area contributed by atoms with E-state index in [9.17, 15) is 4.79 Å². The molecule has 3 N–H and O–H groups in total. The van der Waals surface area contributed by atoms with Crippen LogP contribution < -0.4 is 10.6 Å². The first kappa shape index (κ1) is 15.1. The number of hydrogen-bond donors (Lipinski definition) is 2. The standard InChI is InChI=1S/C14H24N6O2/c1-13(2,3)22-12(21)20-8-6-19(7-9-20)11-16-10(17-18-11)14(15)4-5-14/h4-9,15H2,1-3H3,(H,16,17,18). The first-order valence-corrected chi connectivity index (χ1v) is 7.71. The summed E-state index contributed by atoms with van der Waals surface area (Å²) in [5, 5.41) is 7.19. The van der Waals surface area contributed by atoms with Crippen LogP contribution in [-0.4, -0.2) is 58.0 Å². The van der Waals surface area contributed by atoms with Crippen LogP contribution in [0.2, 0.25) is 0 Å². The smallest absolute Gasteiger partial charge is 0.410 e. The summed E-state index contributed by atoms with van der Waals surface area (Å²) in [6, 6.07) is 0. The zero-order chi connectivity index (χ0) is 16.0. The molecule has 3 rings (SSSR count). The fourth-order valence-corrected chi connectivity index (χ4v) is 2.40. The number of anilines is 1. The van der Waals surface area contributed by atoms with Crippen molar-refractivity contribution in [3.63, 3.8) is 0 Å². The van der Waals surface area contributed by atoms with Gasteiger partial charge >= 0.3 is 6.09 Å².